The molecule has 1 aromatic carbocycles. The number of halogens is 1. The highest BCUT2D eigenvalue weighted by Gasteiger charge is 2.40. The Labute approximate surface area is 180 Å². The van der Waals surface area contributed by atoms with E-state index in [1.54, 1.807) is 27.8 Å². The Morgan fingerprint density at radius 2 is 2.00 bits per heavy atom. The fourth-order valence-corrected chi connectivity index (χ4v) is 3.20. The van der Waals surface area contributed by atoms with Gasteiger partial charge < -0.3 is 14.4 Å². The number of carbonyl (C=O) groups excluding carboxylic acids is 2. The van der Waals surface area contributed by atoms with E-state index in [2.05, 4.69) is 15.2 Å². The number of aromatic amines is 1. The van der Waals surface area contributed by atoms with Gasteiger partial charge in [0.2, 0.25) is 0 Å². The zero-order valence-corrected chi connectivity index (χ0v) is 18.2. The van der Waals surface area contributed by atoms with Gasteiger partial charge in [0.05, 0.1) is 19.1 Å². The lowest BCUT2D eigenvalue weighted by Crippen LogP contribution is -2.37. The third kappa shape index (κ3) is 6.16. The van der Waals surface area contributed by atoms with Gasteiger partial charge >= 0.3 is 12.2 Å². The molecule has 31 heavy (non-hydrogen) atoms. The number of benzene rings is 1. The number of amides is 2. The lowest BCUT2D eigenvalue weighted by molar-refractivity contribution is 0.0210. The van der Waals surface area contributed by atoms with Crippen LogP contribution in [0.25, 0.3) is 0 Å². The van der Waals surface area contributed by atoms with E-state index in [0.29, 0.717) is 5.82 Å². The molecule has 2 atom stereocenters. The maximum absolute atomic E-state index is 14.1. The Kier molecular flexibility index (Phi) is 6.77. The summed E-state index contributed by atoms with van der Waals surface area (Å²) >= 11 is 0. The summed E-state index contributed by atoms with van der Waals surface area (Å²) in [7, 11) is 1.58. The van der Waals surface area contributed by atoms with Crippen molar-refractivity contribution in [2.75, 3.05) is 13.6 Å². The number of alkyl halides is 1. The lowest BCUT2D eigenvalue weighted by atomic mass is 10.2. The fraction of sp³-hybridized carbons (Fsp3) is 0.524. The second-order valence-corrected chi connectivity index (χ2v) is 8.52. The van der Waals surface area contributed by atoms with Gasteiger partial charge in [-0.2, -0.15) is 5.10 Å². The maximum Gasteiger partial charge on any atom is 0.411 e. The second kappa shape index (κ2) is 9.32. The van der Waals surface area contributed by atoms with Crippen LogP contribution in [0.2, 0.25) is 0 Å². The van der Waals surface area contributed by atoms with E-state index in [-0.39, 0.29) is 31.9 Å². The van der Waals surface area contributed by atoms with Gasteiger partial charge in [-0.25, -0.2) is 19.0 Å². The second-order valence-electron chi connectivity index (χ2n) is 8.52. The molecule has 0 unspecified atom stereocenters. The molecule has 1 aliphatic heterocycles. The Bertz CT molecular complexity index is 899. The first-order valence-corrected chi connectivity index (χ1v) is 10.1. The Balaban J connectivity index is 1.59. The van der Waals surface area contributed by atoms with Gasteiger partial charge in [0.1, 0.15) is 24.2 Å². The third-order valence-corrected chi connectivity index (χ3v) is 4.63. The van der Waals surface area contributed by atoms with Crippen LogP contribution in [0.4, 0.5) is 14.0 Å². The van der Waals surface area contributed by atoms with Crippen molar-refractivity contribution in [3.05, 3.63) is 47.5 Å². The van der Waals surface area contributed by atoms with Gasteiger partial charge in [-0.3, -0.25) is 10.00 Å². The van der Waals surface area contributed by atoms with E-state index in [0.717, 1.165) is 5.56 Å². The minimum Gasteiger partial charge on any atom is -0.445 e. The zero-order valence-electron chi connectivity index (χ0n) is 18.2. The summed E-state index contributed by atoms with van der Waals surface area (Å²) < 4.78 is 24.7. The number of ether oxygens (including phenoxy) is 2. The van der Waals surface area contributed by atoms with Crippen molar-refractivity contribution in [1.82, 2.24) is 25.0 Å². The average molecular weight is 433 g/mol. The molecule has 1 fully saturated rings. The summed E-state index contributed by atoms with van der Waals surface area (Å²) in [5, 5.41) is 6.89. The number of nitrogens with one attached hydrogen (secondary N) is 1. The van der Waals surface area contributed by atoms with E-state index in [1.807, 2.05) is 30.3 Å². The Morgan fingerprint density at radius 1 is 1.29 bits per heavy atom. The molecule has 9 nitrogen and oxygen atoms in total. The number of likely N-dealkylation sites (tertiary alicyclic amines) is 1. The Hall–Kier alpha value is -3.17. The lowest BCUT2D eigenvalue weighted by Gasteiger charge is -2.27. The number of rotatable bonds is 5. The highest BCUT2D eigenvalue weighted by molar-refractivity contribution is 5.69. The minimum absolute atomic E-state index is 0.0742. The molecule has 168 valence electrons. The third-order valence-electron chi connectivity index (χ3n) is 4.63. The molecule has 1 aliphatic rings. The number of aromatic nitrogens is 3. The van der Waals surface area contributed by atoms with Gasteiger partial charge in [-0.15, -0.1) is 0 Å². The molecule has 0 spiro atoms. The highest BCUT2D eigenvalue weighted by Crippen LogP contribution is 2.33. The van der Waals surface area contributed by atoms with Crippen molar-refractivity contribution >= 4 is 12.2 Å². The summed E-state index contributed by atoms with van der Waals surface area (Å²) in [5.74, 6) is 0.688. The van der Waals surface area contributed by atoms with Crippen LogP contribution in [-0.4, -0.2) is 62.5 Å². The van der Waals surface area contributed by atoms with Gasteiger partial charge in [-0.05, 0) is 26.3 Å². The predicted molar refractivity (Wildman–Crippen MR) is 110 cm³/mol. The summed E-state index contributed by atoms with van der Waals surface area (Å²) in [6.07, 6.45) is -2.21. The first-order valence-electron chi connectivity index (χ1n) is 10.1. The van der Waals surface area contributed by atoms with Gasteiger partial charge in [0.25, 0.3) is 0 Å². The van der Waals surface area contributed by atoms with Crippen molar-refractivity contribution in [3.63, 3.8) is 0 Å². The maximum atomic E-state index is 14.1. The quantitative estimate of drug-likeness (QED) is 0.773. The SMILES string of the molecule is CN(Cc1nc([C@H]2C[C@H](F)CN2C(=O)OC(C)(C)C)n[nH]1)C(=O)OCc1ccccc1. The van der Waals surface area contributed by atoms with Crippen LogP contribution in [0.15, 0.2) is 30.3 Å². The average Bonchev–Trinajstić information content (AvgIpc) is 3.32. The van der Waals surface area contributed by atoms with Crippen LogP contribution in [0, 0.1) is 0 Å². The Morgan fingerprint density at radius 3 is 2.68 bits per heavy atom. The summed E-state index contributed by atoms with van der Waals surface area (Å²) in [4.78, 5) is 31.7. The van der Waals surface area contributed by atoms with Crippen molar-refractivity contribution in [2.45, 2.75) is 58.2 Å². The van der Waals surface area contributed by atoms with Crippen molar-refractivity contribution in [3.8, 4) is 0 Å². The molecule has 2 heterocycles. The molecular formula is C21H28FN5O4. The molecule has 0 saturated carbocycles. The summed E-state index contributed by atoms with van der Waals surface area (Å²) in [6, 6.07) is 8.73. The van der Waals surface area contributed by atoms with Crippen LogP contribution < -0.4 is 0 Å². The van der Waals surface area contributed by atoms with E-state index in [9.17, 15) is 14.0 Å². The normalized spacial score (nSPS) is 18.7. The largest absolute Gasteiger partial charge is 0.445 e. The molecule has 1 saturated heterocycles. The molecule has 1 aromatic heterocycles. The first kappa shape index (κ1) is 22.5. The van der Waals surface area contributed by atoms with Crippen LogP contribution >= 0.6 is 0 Å². The van der Waals surface area contributed by atoms with E-state index in [4.69, 9.17) is 9.47 Å². The fourth-order valence-electron chi connectivity index (χ4n) is 3.20. The molecule has 0 radical (unpaired) electrons. The summed E-state index contributed by atoms with van der Waals surface area (Å²) in [5.41, 5.74) is 0.193. The number of carbonyl (C=O) groups is 2. The first-order chi connectivity index (χ1) is 14.6. The van der Waals surface area contributed by atoms with Crippen LogP contribution in [-0.2, 0) is 22.6 Å². The van der Waals surface area contributed by atoms with E-state index < -0.39 is 30.0 Å². The highest BCUT2D eigenvalue weighted by atomic mass is 19.1. The molecular weight excluding hydrogens is 405 g/mol. The van der Waals surface area contributed by atoms with Crippen molar-refractivity contribution < 1.29 is 23.5 Å². The standard InChI is InChI=1S/C21H28FN5O4/c1-21(2,3)31-20(29)27-11-15(22)10-16(27)18-23-17(24-25-18)12-26(4)19(28)30-13-14-8-6-5-7-9-14/h5-9,15-16H,10-13H2,1-4H3,(H,23,24,25)/t15-,16+/m0/s1. The number of nitrogens with zero attached hydrogens (tertiary/aromatic N) is 4. The van der Waals surface area contributed by atoms with Crippen LogP contribution in [0.1, 0.15) is 50.4 Å². The molecule has 10 heteroatoms. The van der Waals surface area contributed by atoms with Gasteiger partial charge in [0, 0.05) is 13.5 Å². The summed E-state index contributed by atoms with van der Waals surface area (Å²) in [6.45, 7) is 5.46. The molecule has 0 aliphatic carbocycles. The molecule has 2 aromatic rings. The van der Waals surface area contributed by atoms with Gasteiger partial charge in [0.15, 0.2) is 5.82 Å². The molecule has 0 bridgehead atoms. The smallest absolute Gasteiger partial charge is 0.411 e. The number of hydrogen-bond donors (Lipinski definition) is 1. The topological polar surface area (TPSA) is 101 Å². The van der Waals surface area contributed by atoms with Crippen LogP contribution in [0.5, 0.6) is 0 Å². The van der Waals surface area contributed by atoms with Crippen molar-refractivity contribution in [2.24, 2.45) is 0 Å². The molecule has 3 rings (SSSR count). The van der Waals surface area contributed by atoms with E-state index >= 15 is 0 Å². The van der Waals surface area contributed by atoms with E-state index in [1.165, 1.54) is 9.80 Å². The minimum atomic E-state index is -1.19. The van der Waals surface area contributed by atoms with Gasteiger partial charge in [-0.1, -0.05) is 30.3 Å². The van der Waals surface area contributed by atoms with Crippen molar-refractivity contribution in [1.29, 1.82) is 0 Å². The monoisotopic (exact) mass is 433 g/mol. The number of hydrogen-bond acceptors (Lipinski definition) is 6. The predicted octanol–water partition coefficient (Wildman–Crippen LogP) is 3.59. The molecule has 1 N–H and O–H groups in total. The van der Waals surface area contributed by atoms with Crippen LogP contribution in [0.3, 0.4) is 0 Å². The number of H-pyrrole nitrogens is 1. The molecule has 2 amide bonds. The zero-order chi connectivity index (χ0) is 22.6.